The van der Waals surface area contributed by atoms with Crippen molar-refractivity contribution >= 4 is 24.5 Å². The fourth-order valence-corrected chi connectivity index (χ4v) is 0.858. The van der Waals surface area contributed by atoms with Crippen LogP contribution in [0.4, 0.5) is 4.39 Å². The lowest BCUT2D eigenvalue weighted by Gasteiger charge is -2.01. The van der Waals surface area contributed by atoms with Crippen molar-refractivity contribution in [1.29, 1.82) is 0 Å². The zero-order valence-electron chi connectivity index (χ0n) is 7.38. The van der Waals surface area contributed by atoms with Crippen molar-refractivity contribution in [3.8, 4) is 5.75 Å². The van der Waals surface area contributed by atoms with Crippen molar-refractivity contribution in [1.82, 2.24) is 0 Å². The first kappa shape index (κ1) is 12.3. The molecule has 0 amide bonds. The molecule has 2 N–H and O–H groups in total. The minimum Gasteiger partial charge on any atom is -0.504 e. The summed E-state index contributed by atoms with van der Waals surface area (Å²) in [4.78, 5) is 0. The van der Waals surface area contributed by atoms with Crippen LogP contribution in [0.15, 0.2) is 12.1 Å². The summed E-state index contributed by atoms with van der Waals surface area (Å²) in [6.07, 6.45) is 0. The van der Waals surface area contributed by atoms with E-state index in [0.717, 1.165) is 6.07 Å². The lowest BCUT2D eigenvalue weighted by molar-refractivity contribution is 0.433. The molecule has 0 aliphatic heterocycles. The molecule has 0 aliphatic rings. The number of phenols is 1. The number of aromatic hydroxyl groups is 1. The van der Waals surface area contributed by atoms with E-state index < -0.39 is 11.6 Å². The van der Waals surface area contributed by atoms with Gasteiger partial charge in [0, 0.05) is 0 Å². The SMILES string of the molecule is CC.O[B]c1ccc(F)c(O)c1Cl. The molecule has 13 heavy (non-hydrogen) atoms. The molecule has 1 aromatic rings. The van der Waals surface area contributed by atoms with Crippen LogP contribution < -0.4 is 5.46 Å². The zero-order chi connectivity index (χ0) is 10.4. The Morgan fingerprint density at radius 3 is 2.38 bits per heavy atom. The standard InChI is InChI=1S/C6H4BClFO2.C2H6/c8-5-3(7-11)1-2-4(9)6(5)10;1-2/h1-2,10-11H;1-2H3. The molecule has 0 heterocycles. The minimum absolute atomic E-state index is 0.186. The Balaban J connectivity index is 0.000000671. The van der Waals surface area contributed by atoms with Gasteiger partial charge in [-0.3, -0.25) is 0 Å². The highest BCUT2D eigenvalue weighted by Gasteiger charge is 2.09. The molecule has 0 bridgehead atoms. The highest BCUT2D eigenvalue weighted by molar-refractivity contribution is 6.53. The van der Waals surface area contributed by atoms with Crippen LogP contribution in [-0.4, -0.2) is 17.6 Å². The smallest absolute Gasteiger partial charge is 0.328 e. The van der Waals surface area contributed by atoms with Crippen LogP contribution in [0.25, 0.3) is 0 Å². The average Bonchev–Trinajstić information content (AvgIpc) is 2.18. The molecule has 0 spiro atoms. The minimum atomic E-state index is -0.805. The highest BCUT2D eigenvalue weighted by atomic mass is 35.5. The zero-order valence-corrected chi connectivity index (χ0v) is 8.14. The van der Waals surface area contributed by atoms with E-state index in [2.05, 4.69) is 0 Å². The van der Waals surface area contributed by atoms with E-state index in [4.69, 9.17) is 21.7 Å². The van der Waals surface area contributed by atoms with E-state index in [9.17, 15) is 4.39 Å². The Morgan fingerprint density at radius 2 is 1.92 bits per heavy atom. The van der Waals surface area contributed by atoms with Gasteiger partial charge < -0.3 is 10.1 Å². The molecule has 0 saturated carbocycles. The van der Waals surface area contributed by atoms with Gasteiger partial charge in [0.25, 0.3) is 0 Å². The number of benzene rings is 1. The summed E-state index contributed by atoms with van der Waals surface area (Å²) in [5, 5.41) is 17.2. The van der Waals surface area contributed by atoms with Crippen molar-refractivity contribution in [2.75, 3.05) is 0 Å². The van der Waals surface area contributed by atoms with Crippen molar-refractivity contribution in [3.05, 3.63) is 23.0 Å². The predicted octanol–water partition coefficient (Wildman–Crippen LogP) is 1.45. The maximum absolute atomic E-state index is 12.5. The second-order valence-corrected chi connectivity index (χ2v) is 2.31. The van der Waals surface area contributed by atoms with E-state index >= 15 is 0 Å². The summed E-state index contributed by atoms with van der Waals surface area (Å²) >= 11 is 5.42. The van der Waals surface area contributed by atoms with Crippen molar-refractivity contribution < 1.29 is 14.5 Å². The van der Waals surface area contributed by atoms with Gasteiger partial charge >= 0.3 is 7.48 Å². The van der Waals surface area contributed by atoms with Gasteiger partial charge in [-0.05, 0) is 11.5 Å². The first-order valence-electron chi connectivity index (χ1n) is 3.81. The molecule has 0 saturated heterocycles. The van der Waals surface area contributed by atoms with Gasteiger partial charge in [0.15, 0.2) is 11.6 Å². The van der Waals surface area contributed by atoms with Crippen LogP contribution in [0.2, 0.25) is 5.02 Å². The van der Waals surface area contributed by atoms with Crippen molar-refractivity contribution in [2.24, 2.45) is 0 Å². The predicted molar refractivity (Wildman–Crippen MR) is 52.0 cm³/mol. The molecule has 5 heteroatoms. The third kappa shape index (κ3) is 2.90. The van der Waals surface area contributed by atoms with E-state index in [1.165, 1.54) is 6.07 Å². The maximum atomic E-state index is 12.5. The van der Waals surface area contributed by atoms with E-state index in [0.29, 0.717) is 7.48 Å². The van der Waals surface area contributed by atoms with E-state index in [1.54, 1.807) is 0 Å². The molecule has 0 fully saturated rings. The lowest BCUT2D eigenvalue weighted by atomic mass is 9.88. The van der Waals surface area contributed by atoms with Crippen molar-refractivity contribution in [2.45, 2.75) is 13.8 Å². The van der Waals surface area contributed by atoms with Crippen LogP contribution in [0, 0.1) is 5.82 Å². The molecular weight excluding hydrogens is 193 g/mol. The van der Waals surface area contributed by atoms with Gasteiger partial charge in [-0.1, -0.05) is 31.5 Å². The fourth-order valence-electron chi connectivity index (χ4n) is 0.656. The maximum Gasteiger partial charge on any atom is 0.328 e. The van der Waals surface area contributed by atoms with Crippen LogP contribution in [0.3, 0.4) is 0 Å². The number of halogens is 2. The normalized spacial score (nSPS) is 8.69. The molecule has 2 nitrogen and oxygen atoms in total. The second kappa shape index (κ2) is 5.83. The number of hydrogen-bond donors (Lipinski definition) is 2. The van der Waals surface area contributed by atoms with Gasteiger partial charge in [0.2, 0.25) is 0 Å². The summed E-state index contributed by atoms with van der Waals surface area (Å²) in [5.41, 5.74) is 0.186. The average molecular weight is 203 g/mol. The lowest BCUT2D eigenvalue weighted by Crippen LogP contribution is -2.14. The van der Waals surface area contributed by atoms with Crippen LogP contribution in [0.5, 0.6) is 5.75 Å². The van der Waals surface area contributed by atoms with Gasteiger partial charge in [0.1, 0.15) is 0 Å². The molecule has 0 aliphatic carbocycles. The first-order chi connectivity index (χ1) is 6.16. The molecular formula is C8H10BClFO2. The summed E-state index contributed by atoms with van der Waals surface area (Å²) in [7, 11) is 0.696. The summed E-state index contributed by atoms with van der Waals surface area (Å²) in [5.74, 6) is -1.45. The van der Waals surface area contributed by atoms with E-state index in [1.807, 2.05) is 13.8 Å². The number of phenolic OH excluding ortho intramolecular Hbond substituents is 1. The number of rotatable bonds is 1. The molecule has 0 atom stereocenters. The Hall–Kier alpha value is -0.735. The molecule has 0 aromatic heterocycles. The third-order valence-electron chi connectivity index (χ3n) is 1.24. The quantitative estimate of drug-likeness (QED) is 0.678. The molecule has 1 aromatic carbocycles. The Kier molecular flexibility index (Phi) is 5.50. The Labute approximate surface area is 82.2 Å². The van der Waals surface area contributed by atoms with Crippen LogP contribution >= 0.6 is 11.6 Å². The van der Waals surface area contributed by atoms with Crippen LogP contribution in [-0.2, 0) is 0 Å². The monoisotopic (exact) mass is 203 g/mol. The molecule has 1 rings (SSSR count). The summed E-state index contributed by atoms with van der Waals surface area (Å²) in [6.45, 7) is 4.00. The van der Waals surface area contributed by atoms with Gasteiger partial charge in [-0.25, -0.2) is 4.39 Å². The van der Waals surface area contributed by atoms with Gasteiger partial charge in [0.05, 0.1) is 5.02 Å². The fraction of sp³-hybridized carbons (Fsp3) is 0.250. The van der Waals surface area contributed by atoms with Crippen molar-refractivity contribution in [3.63, 3.8) is 0 Å². The Bertz CT molecular complexity index is 281. The molecule has 71 valence electrons. The third-order valence-corrected chi connectivity index (χ3v) is 1.63. The summed E-state index contributed by atoms with van der Waals surface area (Å²) in [6, 6.07) is 2.28. The first-order valence-corrected chi connectivity index (χ1v) is 4.19. The molecule has 1 radical (unpaired) electrons. The van der Waals surface area contributed by atoms with E-state index in [-0.39, 0.29) is 10.5 Å². The summed E-state index contributed by atoms with van der Waals surface area (Å²) < 4.78 is 12.5. The largest absolute Gasteiger partial charge is 0.504 e. The van der Waals surface area contributed by atoms with Gasteiger partial charge in [-0.2, -0.15) is 0 Å². The highest BCUT2D eigenvalue weighted by Crippen LogP contribution is 2.23. The molecule has 0 unspecified atom stereocenters. The van der Waals surface area contributed by atoms with Crippen LogP contribution in [0.1, 0.15) is 13.8 Å². The Morgan fingerprint density at radius 1 is 1.38 bits per heavy atom. The van der Waals surface area contributed by atoms with Gasteiger partial charge in [-0.15, -0.1) is 0 Å². The number of hydrogen-bond acceptors (Lipinski definition) is 2. The topological polar surface area (TPSA) is 40.5 Å². The second-order valence-electron chi connectivity index (χ2n) is 1.93.